The zero-order chi connectivity index (χ0) is 16.6. The van der Waals surface area contributed by atoms with Crippen LogP contribution < -0.4 is 5.32 Å². The first kappa shape index (κ1) is 18.6. The number of ether oxygens (including phenoxy) is 1. The van der Waals surface area contributed by atoms with E-state index >= 15 is 0 Å². The lowest BCUT2D eigenvalue weighted by molar-refractivity contribution is -0.173. The molecule has 0 aliphatic carbocycles. The van der Waals surface area contributed by atoms with Gasteiger partial charge in [0.2, 0.25) is 0 Å². The minimum atomic E-state index is -4.39. The molecule has 0 atom stereocenters. The third kappa shape index (κ3) is 7.55. The number of carbonyl (C=O) groups excluding carboxylic acids is 1. The molecule has 0 aliphatic heterocycles. The number of aromatic nitrogens is 1. The zero-order valence-corrected chi connectivity index (χ0v) is 12.0. The van der Waals surface area contributed by atoms with Crippen LogP contribution in [0.1, 0.15) is 16.8 Å². The highest BCUT2D eigenvalue weighted by molar-refractivity contribution is 7.99. The minimum absolute atomic E-state index is 0.0102. The van der Waals surface area contributed by atoms with Gasteiger partial charge in [0.05, 0.1) is 5.56 Å². The van der Waals surface area contributed by atoms with Gasteiger partial charge in [-0.05, 0) is 30.3 Å². The molecule has 0 fully saturated rings. The number of carbonyl (C=O) groups is 1. The van der Waals surface area contributed by atoms with Crippen LogP contribution in [0.3, 0.4) is 0 Å². The lowest BCUT2D eigenvalue weighted by Gasteiger charge is -2.09. The Labute approximate surface area is 127 Å². The molecule has 0 saturated carbocycles. The molecule has 0 aromatic carbocycles. The molecule has 22 heavy (non-hydrogen) atoms. The monoisotopic (exact) mass is 344 g/mol. The molecule has 1 N–H and O–H groups in total. The number of amides is 1. The molecular formula is C12H13F5N2O2S. The highest BCUT2D eigenvalue weighted by Crippen LogP contribution is 2.26. The molecule has 1 aromatic heterocycles. The number of alkyl halides is 5. The van der Waals surface area contributed by atoms with Gasteiger partial charge in [0.25, 0.3) is 11.7 Å². The molecule has 124 valence electrons. The number of thioether (sulfide) groups is 1. The molecule has 1 rings (SSSR count). The first-order chi connectivity index (χ1) is 10.3. The van der Waals surface area contributed by atoms with Gasteiger partial charge in [-0.3, -0.25) is 4.79 Å². The topological polar surface area (TPSA) is 51.2 Å². The number of hydrogen-bond acceptors (Lipinski definition) is 4. The van der Waals surface area contributed by atoms with Gasteiger partial charge in [-0.1, -0.05) is 0 Å². The van der Waals surface area contributed by atoms with Gasteiger partial charge < -0.3 is 10.1 Å². The largest absolute Gasteiger partial charge is 0.411 e. The van der Waals surface area contributed by atoms with Gasteiger partial charge in [0, 0.05) is 19.3 Å². The summed E-state index contributed by atoms with van der Waals surface area (Å²) in [5.74, 6) is -3.33. The molecular weight excluding hydrogens is 331 g/mol. The van der Waals surface area contributed by atoms with Gasteiger partial charge in [0.1, 0.15) is 11.6 Å². The zero-order valence-electron chi connectivity index (χ0n) is 11.2. The highest BCUT2D eigenvalue weighted by atomic mass is 32.2. The highest BCUT2D eigenvalue weighted by Gasteiger charge is 2.27. The van der Waals surface area contributed by atoms with Crippen LogP contribution in [0.4, 0.5) is 22.0 Å². The van der Waals surface area contributed by atoms with E-state index in [1.54, 1.807) is 0 Å². The fourth-order valence-corrected chi connectivity index (χ4v) is 1.98. The molecule has 4 nitrogen and oxygen atoms in total. The standard InChI is InChI=1S/C12H13F5N2O2S/c13-11(14)22-10-8(3-1-4-19-10)9(20)18-5-2-6-21-7-12(15,16)17/h1,3-4,11H,2,5-7H2,(H,18,20). The molecule has 10 heteroatoms. The van der Waals surface area contributed by atoms with E-state index in [0.717, 1.165) is 0 Å². The third-order valence-corrected chi connectivity index (χ3v) is 2.96. The Morgan fingerprint density at radius 1 is 1.41 bits per heavy atom. The maximum absolute atomic E-state index is 12.3. The summed E-state index contributed by atoms with van der Waals surface area (Å²) >= 11 is 0.148. The molecule has 0 saturated heterocycles. The number of pyridine rings is 1. The maximum Gasteiger partial charge on any atom is 0.411 e. The molecule has 0 aliphatic rings. The Hall–Kier alpha value is -1.42. The minimum Gasteiger partial charge on any atom is -0.372 e. The molecule has 1 aromatic rings. The van der Waals surface area contributed by atoms with Crippen molar-refractivity contribution in [1.82, 2.24) is 10.3 Å². The van der Waals surface area contributed by atoms with Crippen molar-refractivity contribution >= 4 is 17.7 Å². The van der Waals surface area contributed by atoms with E-state index in [9.17, 15) is 26.7 Å². The summed E-state index contributed by atoms with van der Waals surface area (Å²) in [7, 11) is 0. The summed E-state index contributed by atoms with van der Waals surface area (Å²) in [6, 6.07) is 2.77. The Balaban J connectivity index is 2.37. The summed E-state index contributed by atoms with van der Waals surface area (Å²) in [4.78, 5) is 15.5. The average Bonchev–Trinajstić information content (AvgIpc) is 2.41. The van der Waals surface area contributed by atoms with E-state index in [-0.39, 0.29) is 41.9 Å². The van der Waals surface area contributed by atoms with Crippen molar-refractivity contribution in [3.05, 3.63) is 23.9 Å². The lowest BCUT2D eigenvalue weighted by atomic mass is 10.2. The SMILES string of the molecule is O=C(NCCCOCC(F)(F)F)c1cccnc1SC(F)F. The Morgan fingerprint density at radius 3 is 2.77 bits per heavy atom. The van der Waals surface area contributed by atoms with Crippen LogP contribution in [0.5, 0.6) is 0 Å². The maximum atomic E-state index is 12.3. The smallest absolute Gasteiger partial charge is 0.372 e. The van der Waals surface area contributed by atoms with Gasteiger partial charge in [-0.2, -0.15) is 22.0 Å². The summed E-state index contributed by atoms with van der Waals surface area (Å²) in [5.41, 5.74) is -0.0102. The Kier molecular flexibility index (Phi) is 7.52. The number of halogens is 5. The van der Waals surface area contributed by atoms with E-state index in [1.807, 2.05) is 0 Å². The van der Waals surface area contributed by atoms with E-state index in [1.165, 1.54) is 18.3 Å². The summed E-state index contributed by atoms with van der Waals surface area (Å²) in [6.07, 6.45) is -2.94. The van der Waals surface area contributed by atoms with Crippen LogP contribution in [0.25, 0.3) is 0 Å². The molecule has 1 heterocycles. The van der Waals surface area contributed by atoms with E-state index in [0.29, 0.717) is 0 Å². The van der Waals surface area contributed by atoms with Crippen LogP contribution in [0.15, 0.2) is 23.4 Å². The predicted octanol–water partition coefficient (Wildman–Crippen LogP) is 3.10. The van der Waals surface area contributed by atoms with Crippen LogP contribution in [0.2, 0.25) is 0 Å². The number of rotatable bonds is 8. The molecule has 1 amide bonds. The second-order valence-corrected chi connectivity index (χ2v) is 4.99. The predicted molar refractivity (Wildman–Crippen MR) is 69.9 cm³/mol. The van der Waals surface area contributed by atoms with Crippen molar-refractivity contribution in [3.63, 3.8) is 0 Å². The van der Waals surface area contributed by atoms with Crippen molar-refractivity contribution in [1.29, 1.82) is 0 Å². The van der Waals surface area contributed by atoms with Crippen LogP contribution in [0, 0.1) is 0 Å². The van der Waals surface area contributed by atoms with Crippen LogP contribution in [-0.4, -0.2) is 42.6 Å². The molecule has 0 unspecified atom stereocenters. The lowest BCUT2D eigenvalue weighted by Crippen LogP contribution is -2.26. The van der Waals surface area contributed by atoms with Gasteiger partial charge in [-0.25, -0.2) is 4.98 Å². The van der Waals surface area contributed by atoms with Crippen molar-refractivity contribution in [2.24, 2.45) is 0 Å². The number of nitrogens with one attached hydrogen (secondary N) is 1. The van der Waals surface area contributed by atoms with Gasteiger partial charge >= 0.3 is 6.18 Å². The fourth-order valence-electron chi connectivity index (χ4n) is 1.40. The van der Waals surface area contributed by atoms with Crippen molar-refractivity contribution in [2.75, 3.05) is 19.8 Å². The second-order valence-electron chi connectivity index (χ2n) is 4.01. The molecule has 0 radical (unpaired) electrons. The second kappa shape index (κ2) is 8.89. The average molecular weight is 344 g/mol. The number of nitrogens with zero attached hydrogens (tertiary/aromatic N) is 1. The van der Waals surface area contributed by atoms with Crippen molar-refractivity contribution < 1.29 is 31.5 Å². The Morgan fingerprint density at radius 2 is 2.14 bits per heavy atom. The Bertz CT molecular complexity index is 485. The quantitative estimate of drug-likeness (QED) is 0.447. The van der Waals surface area contributed by atoms with Crippen molar-refractivity contribution in [2.45, 2.75) is 23.4 Å². The first-order valence-corrected chi connectivity index (χ1v) is 7.00. The normalized spacial score (nSPS) is 11.7. The number of hydrogen-bond donors (Lipinski definition) is 1. The summed E-state index contributed by atoms with van der Waals surface area (Å²) in [5, 5.41) is 2.30. The van der Waals surface area contributed by atoms with Gasteiger partial charge in [-0.15, -0.1) is 0 Å². The fraction of sp³-hybridized carbons (Fsp3) is 0.500. The third-order valence-electron chi connectivity index (χ3n) is 2.23. The van der Waals surface area contributed by atoms with E-state index in [4.69, 9.17) is 0 Å². The van der Waals surface area contributed by atoms with Crippen molar-refractivity contribution in [3.8, 4) is 0 Å². The van der Waals surface area contributed by atoms with E-state index < -0.39 is 24.4 Å². The van der Waals surface area contributed by atoms with Crippen LogP contribution >= 0.6 is 11.8 Å². The van der Waals surface area contributed by atoms with Gasteiger partial charge in [0.15, 0.2) is 0 Å². The molecule has 0 bridgehead atoms. The van der Waals surface area contributed by atoms with E-state index in [2.05, 4.69) is 15.0 Å². The summed E-state index contributed by atoms with van der Waals surface area (Å²) in [6.45, 7) is -1.46. The summed E-state index contributed by atoms with van der Waals surface area (Å²) < 4.78 is 64.4. The molecule has 0 spiro atoms. The van der Waals surface area contributed by atoms with Crippen LogP contribution in [-0.2, 0) is 4.74 Å². The first-order valence-electron chi connectivity index (χ1n) is 6.12.